The maximum absolute atomic E-state index is 13.7. The number of aromatic nitrogens is 3. The molecule has 37 heavy (non-hydrogen) atoms. The number of halogens is 3. The molecule has 0 radical (unpaired) electrons. The molecule has 4 rings (SSSR count). The predicted molar refractivity (Wildman–Crippen MR) is 135 cm³/mol. The molecule has 0 bridgehead atoms. The van der Waals surface area contributed by atoms with Crippen LogP contribution in [0.2, 0.25) is 10.0 Å². The zero-order valence-corrected chi connectivity index (χ0v) is 21.5. The molecular formula is C26H25Cl2FN4O4. The quantitative estimate of drug-likeness (QED) is 0.380. The van der Waals surface area contributed by atoms with Crippen LogP contribution in [0.1, 0.15) is 63.7 Å². The number of rotatable bonds is 8. The third-order valence-electron chi connectivity index (χ3n) is 6.71. The molecular weight excluding hydrogens is 522 g/mol. The van der Waals surface area contributed by atoms with Crippen molar-refractivity contribution in [3.05, 3.63) is 81.1 Å². The SMILES string of the molecule is Cc1c(C(=O)N(CC(=O)c2c(Cl)cncc2Cl)Cc2ccc(F)cc2)cnn1[C@H]1CC[C@H](C(=O)O)CC1. The largest absolute Gasteiger partial charge is 0.481 e. The summed E-state index contributed by atoms with van der Waals surface area (Å²) in [5.74, 6) is -2.46. The summed E-state index contributed by atoms with van der Waals surface area (Å²) < 4.78 is 15.2. The fourth-order valence-electron chi connectivity index (χ4n) is 4.68. The molecule has 0 aliphatic heterocycles. The third-order valence-corrected chi connectivity index (χ3v) is 7.28. The van der Waals surface area contributed by atoms with Crippen molar-refractivity contribution in [2.24, 2.45) is 5.92 Å². The Kier molecular flexibility index (Phi) is 8.24. The van der Waals surface area contributed by atoms with E-state index in [1.807, 2.05) is 0 Å². The molecule has 0 spiro atoms. The first kappa shape index (κ1) is 26.8. The summed E-state index contributed by atoms with van der Waals surface area (Å²) in [7, 11) is 0. The van der Waals surface area contributed by atoms with Crippen molar-refractivity contribution in [1.29, 1.82) is 0 Å². The normalized spacial score (nSPS) is 17.4. The summed E-state index contributed by atoms with van der Waals surface area (Å²) in [6, 6.07) is 5.65. The average Bonchev–Trinajstić information content (AvgIpc) is 3.25. The Hall–Kier alpha value is -3.30. The van der Waals surface area contributed by atoms with Crippen molar-refractivity contribution in [2.45, 2.75) is 45.2 Å². The molecule has 1 amide bonds. The predicted octanol–water partition coefficient (Wildman–Crippen LogP) is 5.37. The van der Waals surface area contributed by atoms with E-state index in [0.717, 1.165) is 0 Å². The molecule has 1 aliphatic rings. The van der Waals surface area contributed by atoms with E-state index >= 15 is 0 Å². The standard InChI is InChI=1S/C26H25Cl2FN4O4/c1-15-20(10-31-33(15)19-8-4-17(5-9-19)26(36)37)25(35)32(13-16-2-6-18(29)7-3-16)14-23(34)24-21(27)11-30-12-22(24)28/h2-3,6-7,10-12,17,19H,4-5,8-9,13-14H2,1H3,(H,36,37)/t17-,19-. The molecule has 2 heterocycles. The topological polar surface area (TPSA) is 105 Å². The summed E-state index contributed by atoms with van der Waals surface area (Å²) in [6.07, 6.45) is 6.45. The Morgan fingerprint density at radius 1 is 1.05 bits per heavy atom. The average molecular weight is 547 g/mol. The lowest BCUT2D eigenvalue weighted by atomic mass is 9.86. The van der Waals surface area contributed by atoms with Crippen LogP contribution >= 0.6 is 23.2 Å². The van der Waals surface area contributed by atoms with Crippen molar-refractivity contribution >= 4 is 40.9 Å². The summed E-state index contributed by atoms with van der Waals surface area (Å²) in [4.78, 5) is 43.4. The van der Waals surface area contributed by atoms with Crippen LogP contribution in [0.5, 0.6) is 0 Å². The molecule has 1 aliphatic carbocycles. The summed E-state index contributed by atoms with van der Waals surface area (Å²) in [5, 5.41) is 13.9. The molecule has 1 N–H and O–H groups in total. The number of amides is 1. The number of carbonyl (C=O) groups excluding carboxylic acids is 2. The minimum atomic E-state index is -0.790. The third kappa shape index (κ3) is 5.99. The van der Waals surface area contributed by atoms with Crippen molar-refractivity contribution in [3.63, 3.8) is 0 Å². The molecule has 1 aromatic carbocycles. The lowest BCUT2D eigenvalue weighted by molar-refractivity contribution is -0.143. The monoisotopic (exact) mass is 546 g/mol. The van der Waals surface area contributed by atoms with Crippen molar-refractivity contribution in [1.82, 2.24) is 19.7 Å². The Bertz CT molecular complexity index is 1300. The van der Waals surface area contributed by atoms with Gasteiger partial charge in [0.1, 0.15) is 5.82 Å². The molecule has 194 valence electrons. The van der Waals surface area contributed by atoms with E-state index in [0.29, 0.717) is 42.5 Å². The number of hydrogen-bond acceptors (Lipinski definition) is 5. The van der Waals surface area contributed by atoms with Crippen LogP contribution in [0.4, 0.5) is 4.39 Å². The van der Waals surface area contributed by atoms with Gasteiger partial charge in [-0.05, 0) is 50.3 Å². The molecule has 1 fully saturated rings. The van der Waals surface area contributed by atoms with E-state index in [2.05, 4.69) is 10.1 Å². The second kappa shape index (κ2) is 11.4. The van der Waals surface area contributed by atoms with Crippen LogP contribution in [-0.4, -0.2) is 49.0 Å². The highest BCUT2D eigenvalue weighted by atomic mass is 35.5. The molecule has 1 saturated carbocycles. The minimum Gasteiger partial charge on any atom is -0.481 e. The summed E-state index contributed by atoms with van der Waals surface area (Å²) in [5.41, 5.74) is 1.65. The van der Waals surface area contributed by atoms with Crippen molar-refractivity contribution < 1.29 is 23.9 Å². The van der Waals surface area contributed by atoms with Gasteiger partial charge in [-0.1, -0.05) is 35.3 Å². The number of pyridine rings is 1. The lowest BCUT2D eigenvalue weighted by Crippen LogP contribution is -2.36. The van der Waals surface area contributed by atoms with Crippen LogP contribution in [-0.2, 0) is 11.3 Å². The lowest BCUT2D eigenvalue weighted by Gasteiger charge is -2.27. The fourth-order valence-corrected chi connectivity index (χ4v) is 5.25. The Morgan fingerprint density at radius 3 is 2.27 bits per heavy atom. The van der Waals surface area contributed by atoms with Crippen LogP contribution in [0, 0.1) is 18.7 Å². The van der Waals surface area contributed by atoms with E-state index < -0.39 is 23.5 Å². The van der Waals surface area contributed by atoms with Gasteiger partial charge in [-0.2, -0.15) is 5.10 Å². The van der Waals surface area contributed by atoms with Gasteiger partial charge in [-0.25, -0.2) is 4.39 Å². The number of Topliss-reactive ketones (excluding diaryl/α,β-unsaturated/α-hetero) is 1. The number of hydrogen-bond donors (Lipinski definition) is 1. The van der Waals surface area contributed by atoms with Gasteiger partial charge in [0.15, 0.2) is 5.78 Å². The van der Waals surface area contributed by atoms with Gasteiger partial charge >= 0.3 is 5.97 Å². The highest BCUT2D eigenvalue weighted by molar-refractivity contribution is 6.39. The van der Waals surface area contributed by atoms with Gasteiger partial charge in [0.25, 0.3) is 5.91 Å². The molecule has 3 aromatic rings. The van der Waals surface area contributed by atoms with Gasteiger partial charge in [0.05, 0.1) is 45.9 Å². The van der Waals surface area contributed by atoms with Gasteiger partial charge in [0.2, 0.25) is 0 Å². The zero-order chi connectivity index (χ0) is 26.7. The van der Waals surface area contributed by atoms with E-state index in [9.17, 15) is 23.9 Å². The molecule has 0 atom stereocenters. The molecule has 0 saturated heterocycles. The maximum atomic E-state index is 13.7. The first-order valence-electron chi connectivity index (χ1n) is 11.8. The molecule has 2 aromatic heterocycles. The number of benzene rings is 1. The molecule has 0 unspecified atom stereocenters. The van der Waals surface area contributed by atoms with Crippen molar-refractivity contribution in [2.75, 3.05) is 6.54 Å². The van der Waals surface area contributed by atoms with Gasteiger partial charge in [-0.3, -0.25) is 24.0 Å². The van der Waals surface area contributed by atoms with Crippen LogP contribution in [0.3, 0.4) is 0 Å². The van der Waals surface area contributed by atoms with Crippen molar-refractivity contribution in [3.8, 4) is 0 Å². The highest BCUT2D eigenvalue weighted by Gasteiger charge is 2.30. The van der Waals surface area contributed by atoms with Gasteiger partial charge in [0, 0.05) is 24.6 Å². The van der Waals surface area contributed by atoms with E-state index in [1.54, 1.807) is 23.7 Å². The Morgan fingerprint density at radius 2 is 1.68 bits per heavy atom. The number of carbonyl (C=O) groups is 3. The fraction of sp³-hybridized carbons (Fsp3) is 0.346. The molecule has 11 heteroatoms. The van der Waals surface area contributed by atoms with Crippen LogP contribution in [0.25, 0.3) is 0 Å². The first-order chi connectivity index (χ1) is 17.7. The Balaban J connectivity index is 1.60. The summed E-state index contributed by atoms with van der Waals surface area (Å²) in [6.45, 7) is 1.49. The van der Waals surface area contributed by atoms with E-state index in [4.69, 9.17) is 23.2 Å². The van der Waals surface area contributed by atoms with E-state index in [1.165, 1.54) is 35.6 Å². The maximum Gasteiger partial charge on any atom is 0.306 e. The second-order valence-corrected chi connectivity index (χ2v) is 9.94. The second-order valence-electron chi connectivity index (χ2n) is 9.12. The minimum absolute atomic E-state index is 0.0150. The molecule has 8 nitrogen and oxygen atoms in total. The first-order valence-corrected chi connectivity index (χ1v) is 12.5. The smallest absolute Gasteiger partial charge is 0.306 e. The van der Waals surface area contributed by atoms with Gasteiger partial charge in [-0.15, -0.1) is 0 Å². The number of carboxylic acid groups (broad SMARTS) is 1. The highest BCUT2D eigenvalue weighted by Crippen LogP contribution is 2.33. The van der Waals surface area contributed by atoms with E-state index in [-0.39, 0.29) is 40.7 Å². The number of nitrogens with zero attached hydrogens (tertiary/aromatic N) is 4. The van der Waals surface area contributed by atoms with Gasteiger partial charge < -0.3 is 10.0 Å². The van der Waals surface area contributed by atoms with Crippen LogP contribution < -0.4 is 0 Å². The number of ketones is 1. The zero-order valence-electron chi connectivity index (χ0n) is 20.0. The number of aliphatic carboxylic acids is 1. The van der Waals surface area contributed by atoms with Crippen LogP contribution in [0.15, 0.2) is 42.9 Å². The Labute approximate surface area is 223 Å². The number of carboxylic acids is 1. The summed E-state index contributed by atoms with van der Waals surface area (Å²) >= 11 is 12.3.